The molecular formula is C15H28N4O2. The van der Waals surface area contributed by atoms with Crippen LogP contribution in [0.25, 0.3) is 0 Å². The first kappa shape index (κ1) is 16.4. The quantitative estimate of drug-likeness (QED) is 0.738. The molecule has 1 aliphatic heterocycles. The minimum Gasteiger partial charge on any atom is -0.367 e. The molecule has 0 aromatic carbocycles. The fraction of sp³-hybridized carbons (Fsp3) is 0.867. The molecule has 6 heteroatoms. The first-order valence-electron chi connectivity index (χ1n) is 8.09. The Morgan fingerprint density at radius 1 is 1.43 bits per heavy atom. The highest BCUT2D eigenvalue weighted by atomic mass is 16.5. The summed E-state index contributed by atoms with van der Waals surface area (Å²) in [5.74, 6) is 1.41. The van der Waals surface area contributed by atoms with Gasteiger partial charge in [0.05, 0.1) is 6.61 Å². The fourth-order valence-electron chi connectivity index (χ4n) is 2.51. The largest absolute Gasteiger partial charge is 0.367 e. The van der Waals surface area contributed by atoms with Gasteiger partial charge in [-0.2, -0.15) is 4.98 Å². The van der Waals surface area contributed by atoms with E-state index in [1.54, 1.807) is 0 Å². The van der Waals surface area contributed by atoms with E-state index in [9.17, 15) is 0 Å². The van der Waals surface area contributed by atoms with E-state index in [1.807, 2.05) is 0 Å². The molecule has 21 heavy (non-hydrogen) atoms. The van der Waals surface area contributed by atoms with Crippen LogP contribution in [0.15, 0.2) is 4.52 Å². The maximum Gasteiger partial charge on any atom is 0.226 e. The van der Waals surface area contributed by atoms with E-state index in [1.165, 1.54) is 0 Å². The molecule has 2 heterocycles. The monoisotopic (exact) mass is 296 g/mol. The number of aryl methyl sites for hydroxylation is 1. The van der Waals surface area contributed by atoms with Gasteiger partial charge in [0.25, 0.3) is 0 Å². The molecule has 0 saturated carbocycles. The van der Waals surface area contributed by atoms with E-state index < -0.39 is 0 Å². The van der Waals surface area contributed by atoms with Crippen LogP contribution >= 0.6 is 0 Å². The number of ether oxygens (including phenoxy) is 1. The zero-order valence-corrected chi connectivity index (χ0v) is 13.5. The molecule has 6 nitrogen and oxygen atoms in total. The lowest BCUT2D eigenvalue weighted by Crippen LogP contribution is -2.39. The maximum atomic E-state index is 5.77. The molecule has 120 valence electrons. The van der Waals surface area contributed by atoms with E-state index in [4.69, 9.17) is 9.26 Å². The second-order valence-electron chi connectivity index (χ2n) is 5.92. The SMILES string of the molecule is CCCN1CCOC(c2noc(CCCNC(C)C)n2)C1. The predicted octanol–water partition coefficient (Wildman–Crippen LogP) is 1.78. The highest BCUT2D eigenvalue weighted by molar-refractivity contribution is 4.94. The van der Waals surface area contributed by atoms with Crippen molar-refractivity contribution in [3.05, 3.63) is 11.7 Å². The Balaban J connectivity index is 1.79. The standard InChI is InChI=1S/C15H28N4O2/c1-4-8-19-9-10-20-13(11-19)15-17-14(21-18-15)6-5-7-16-12(2)3/h12-13,16H,4-11H2,1-3H3. The van der Waals surface area contributed by atoms with Crippen molar-refractivity contribution in [2.45, 2.75) is 52.2 Å². The van der Waals surface area contributed by atoms with Crippen LogP contribution in [0, 0.1) is 0 Å². The second kappa shape index (κ2) is 8.46. The molecular weight excluding hydrogens is 268 g/mol. The number of nitrogens with one attached hydrogen (secondary N) is 1. The van der Waals surface area contributed by atoms with Gasteiger partial charge in [-0.15, -0.1) is 0 Å². The Kier molecular flexibility index (Phi) is 6.60. The van der Waals surface area contributed by atoms with Crippen LogP contribution in [-0.4, -0.2) is 53.9 Å². The third-order valence-electron chi connectivity index (χ3n) is 3.58. The van der Waals surface area contributed by atoms with Crippen molar-refractivity contribution in [1.29, 1.82) is 0 Å². The Labute approximate surface area is 127 Å². The molecule has 1 fully saturated rings. The summed E-state index contributed by atoms with van der Waals surface area (Å²) < 4.78 is 11.1. The molecule has 0 amide bonds. The number of morpholine rings is 1. The lowest BCUT2D eigenvalue weighted by Gasteiger charge is -2.30. The molecule has 2 rings (SSSR count). The number of rotatable bonds is 8. The third kappa shape index (κ3) is 5.37. The van der Waals surface area contributed by atoms with Gasteiger partial charge in [-0.3, -0.25) is 4.90 Å². The number of nitrogens with zero attached hydrogens (tertiary/aromatic N) is 3. The first-order valence-corrected chi connectivity index (χ1v) is 8.09. The van der Waals surface area contributed by atoms with Gasteiger partial charge in [0.1, 0.15) is 6.10 Å². The lowest BCUT2D eigenvalue weighted by atomic mass is 10.2. The molecule has 0 bridgehead atoms. The topological polar surface area (TPSA) is 63.4 Å². The van der Waals surface area contributed by atoms with E-state index in [-0.39, 0.29) is 6.10 Å². The predicted molar refractivity (Wildman–Crippen MR) is 81.2 cm³/mol. The summed E-state index contributed by atoms with van der Waals surface area (Å²) in [5, 5.41) is 7.47. The first-order chi connectivity index (χ1) is 10.2. The van der Waals surface area contributed by atoms with Crippen molar-refractivity contribution < 1.29 is 9.26 Å². The van der Waals surface area contributed by atoms with Crippen molar-refractivity contribution in [2.24, 2.45) is 0 Å². The molecule has 1 aliphatic rings. The van der Waals surface area contributed by atoms with Gasteiger partial charge in [-0.05, 0) is 25.9 Å². The molecule has 0 radical (unpaired) electrons. The van der Waals surface area contributed by atoms with Gasteiger partial charge in [0.15, 0.2) is 0 Å². The van der Waals surface area contributed by atoms with Gasteiger partial charge >= 0.3 is 0 Å². The molecule has 1 N–H and O–H groups in total. The summed E-state index contributed by atoms with van der Waals surface area (Å²) in [5.41, 5.74) is 0. The molecule has 0 spiro atoms. The fourth-order valence-corrected chi connectivity index (χ4v) is 2.51. The van der Waals surface area contributed by atoms with Gasteiger partial charge < -0.3 is 14.6 Å². The molecule has 0 aliphatic carbocycles. The van der Waals surface area contributed by atoms with Crippen molar-refractivity contribution in [1.82, 2.24) is 20.4 Å². The number of hydrogen-bond donors (Lipinski definition) is 1. The average molecular weight is 296 g/mol. The van der Waals surface area contributed by atoms with E-state index >= 15 is 0 Å². The molecule has 1 aromatic rings. The molecule has 1 saturated heterocycles. The lowest BCUT2D eigenvalue weighted by molar-refractivity contribution is -0.0350. The summed E-state index contributed by atoms with van der Waals surface area (Å²) in [7, 11) is 0. The Bertz CT molecular complexity index is 406. The van der Waals surface area contributed by atoms with E-state index in [0.717, 1.165) is 52.0 Å². The van der Waals surface area contributed by atoms with Crippen molar-refractivity contribution in [2.75, 3.05) is 32.8 Å². The highest BCUT2D eigenvalue weighted by Crippen LogP contribution is 2.20. The van der Waals surface area contributed by atoms with Crippen LogP contribution in [0.4, 0.5) is 0 Å². The molecule has 1 aromatic heterocycles. The zero-order valence-electron chi connectivity index (χ0n) is 13.5. The third-order valence-corrected chi connectivity index (χ3v) is 3.58. The van der Waals surface area contributed by atoms with E-state index in [0.29, 0.717) is 17.8 Å². The Morgan fingerprint density at radius 3 is 3.05 bits per heavy atom. The van der Waals surface area contributed by atoms with E-state index in [2.05, 4.69) is 41.1 Å². The van der Waals surface area contributed by atoms with Crippen molar-refractivity contribution >= 4 is 0 Å². The van der Waals surface area contributed by atoms with Gasteiger partial charge in [0.2, 0.25) is 11.7 Å². The van der Waals surface area contributed by atoms with Crippen molar-refractivity contribution in [3.63, 3.8) is 0 Å². The van der Waals surface area contributed by atoms with Crippen LogP contribution in [0.5, 0.6) is 0 Å². The summed E-state index contributed by atoms with van der Waals surface area (Å²) in [6.45, 7) is 11.2. The van der Waals surface area contributed by atoms with Crippen LogP contribution < -0.4 is 5.32 Å². The van der Waals surface area contributed by atoms with Crippen LogP contribution in [0.1, 0.15) is 51.4 Å². The van der Waals surface area contributed by atoms with Crippen LogP contribution in [0.2, 0.25) is 0 Å². The van der Waals surface area contributed by atoms with Gasteiger partial charge in [0, 0.05) is 25.6 Å². The molecule has 1 atom stereocenters. The summed E-state index contributed by atoms with van der Waals surface area (Å²) in [4.78, 5) is 6.89. The minimum atomic E-state index is -0.0448. The van der Waals surface area contributed by atoms with Crippen LogP contribution in [-0.2, 0) is 11.2 Å². The maximum absolute atomic E-state index is 5.77. The van der Waals surface area contributed by atoms with Crippen molar-refractivity contribution in [3.8, 4) is 0 Å². The zero-order chi connectivity index (χ0) is 15.1. The Hall–Kier alpha value is -0.980. The van der Waals surface area contributed by atoms with Gasteiger partial charge in [-0.1, -0.05) is 25.9 Å². The summed E-state index contributed by atoms with van der Waals surface area (Å²) in [6, 6.07) is 0.517. The number of aromatic nitrogens is 2. The normalized spacial score (nSPS) is 20.3. The summed E-state index contributed by atoms with van der Waals surface area (Å²) >= 11 is 0. The average Bonchev–Trinajstić information content (AvgIpc) is 2.93. The molecule has 1 unspecified atom stereocenters. The minimum absolute atomic E-state index is 0.0448. The summed E-state index contributed by atoms with van der Waals surface area (Å²) in [6.07, 6.45) is 2.94. The second-order valence-corrected chi connectivity index (χ2v) is 5.92. The highest BCUT2D eigenvalue weighted by Gasteiger charge is 2.25. The Morgan fingerprint density at radius 2 is 2.29 bits per heavy atom. The van der Waals surface area contributed by atoms with Gasteiger partial charge in [-0.25, -0.2) is 0 Å². The number of hydrogen-bond acceptors (Lipinski definition) is 6. The van der Waals surface area contributed by atoms with Crippen LogP contribution in [0.3, 0.4) is 0 Å². The smallest absolute Gasteiger partial charge is 0.226 e.